The van der Waals surface area contributed by atoms with Gasteiger partial charge < -0.3 is 19.9 Å². The summed E-state index contributed by atoms with van der Waals surface area (Å²) >= 11 is 0. The van der Waals surface area contributed by atoms with Gasteiger partial charge in [0.25, 0.3) is 11.8 Å². The van der Waals surface area contributed by atoms with Crippen LogP contribution < -0.4 is 15.4 Å². The first kappa shape index (κ1) is 23.4. The van der Waals surface area contributed by atoms with Crippen molar-refractivity contribution in [1.29, 1.82) is 5.41 Å². The number of carbonyl (C=O) groups excluding carboxylic acids is 3. The minimum atomic E-state index is -1.57. The van der Waals surface area contributed by atoms with E-state index in [0.29, 0.717) is 29.3 Å². The van der Waals surface area contributed by atoms with Gasteiger partial charge in [-0.05, 0) is 49.1 Å². The third-order valence-electron chi connectivity index (χ3n) is 6.82. The summed E-state index contributed by atoms with van der Waals surface area (Å²) in [5.41, 5.74) is 1.20. The van der Waals surface area contributed by atoms with Crippen molar-refractivity contribution in [3.8, 4) is 17.6 Å². The molecule has 2 fully saturated rings. The largest absolute Gasteiger partial charge is 0.497 e. The lowest BCUT2D eigenvalue weighted by Crippen LogP contribution is -2.54. The van der Waals surface area contributed by atoms with Gasteiger partial charge in [-0.15, -0.1) is 0 Å². The van der Waals surface area contributed by atoms with E-state index >= 15 is 0 Å². The van der Waals surface area contributed by atoms with Crippen LogP contribution in [0.3, 0.4) is 0 Å². The van der Waals surface area contributed by atoms with E-state index < -0.39 is 17.5 Å². The second kappa shape index (κ2) is 9.38. The van der Waals surface area contributed by atoms with Crippen LogP contribution in [0.5, 0.6) is 5.75 Å². The maximum Gasteiger partial charge on any atom is 0.323 e. The summed E-state index contributed by atoms with van der Waals surface area (Å²) in [6, 6.07) is 11.9. The number of imide groups is 1. The molecular weight excluding hydrogens is 458 g/mol. The molecule has 2 saturated heterocycles. The zero-order chi connectivity index (χ0) is 25.3. The number of likely N-dealkylation sites (tertiary alicyclic amines) is 1. The summed E-state index contributed by atoms with van der Waals surface area (Å²) < 4.78 is 5.22. The van der Waals surface area contributed by atoms with E-state index in [1.54, 1.807) is 24.3 Å². The predicted molar refractivity (Wildman–Crippen MR) is 133 cm³/mol. The molecule has 3 heterocycles. The smallest absolute Gasteiger partial charge is 0.323 e. The van der Waals surface area contributed by atoms with Crippen LogP contribution >= 0.6 is 0 Å². The molecular formula is C27H27N5O4. The number of methoxy groups -OCH3 is 1. The number of amidine groups is 1. The maximum atomic E-state index is 13.0. The highest BCUT2D eigenvalue weighted by atomic mass is 16.5. The van der Waals surface area contributed by atoms with Gasteiger partial charge in [0.1, 0.15) is 11.6 Å². The maximum absolute atomic E-state index is 13.0. The number of nitrogens with zero attached hydrogens (tertiary/aromatic N) is 2. The standard InChI is InChI=1S/C27H27N5O4/c1-36-21-10-9-20-16-32(24(33)22(20)15-21)17-27(25(34)29-26(35)30-27)12-11-18-5-7-19(8-6-18)23(28)31-13-3-2-4-14-31/h5-10,15,28H,2-4,13-14,16-17H2,1H3,(H2,29,30,34,35)/t27-/m1/s1. The lowest BCUT2D eigenvalue weighted by atomic mass is 9.98. The van der Waals surface area contributed by atoms with Gasteiger partial charge in [0, 0.05) is 36.3 Å². The molecule has 36 heavy (non-hydrogen) atoms. The molecule has 1 atom stereocenters. The summed E-state index contributed by atoms with van der Waals surface area (Å²) in [5.74, 6) is 6.13. The number of fused-ring (bicyclic) bond motifs is 1. The molecule has 9 heteroatoms. The Morgan fingerprint density at radius 2 is 1.83 bits per heavy atom. The van der Waals surface area contributed by atoms with Crippen molar-refractivity contribution in [3.05, 3.63) is 64.7 Å². The monoisotopic (exact) mass is 485 g/mol. The number of hydrogen-bond donors (Lipinski definition) is 3. The Bertz CT molecular complexity index is 1300. The molecule has 0 bridgehead atoms. The second-order valence-corrected chi connectivity index (χ2v) is 9.22. The predicted octanol–water partition coefficient (Wildman–Crippen LogP) is 2.09. The van der Waals surface area contributed by atoms with Crippen molar-refractivity contribution in [2.75, 3.05) is 26.7 Å². The highest BCUT2D eigenvalue weighted by Gasteiger charge is 2.48. The van der Waals surface area contributed by atoms with Gasteiger partial charge in [-0.2, -0.15) is 0 Å². The van der Waals surface area contributed by atoms with Crippen molar-refractivity contribution >= 4 is 23.7 Å². The number of amides is 4. The summed E-state index contributed by atoms with van der Waals surface area (Å²) in [4.78, 5) is 41.5. The van der Waals surface area contributed by atoms with Gasteiger partial charge in [-0.1, -0.05) is 30.0 Å². The van der Waals surface area contributed by atoms with Crippen LogP contribution in [-0.2, 0) is 11.3 Å². The fourth-order valence-corrected chi connectivity index (χ4v) is 4.80. The Labute approximate surface area is 209 Å². The minimum Gasteiger partial charge on any atom is -0.497 e. The molecule has 5 rings (SSSR count). The van der Waals surface area contributed by atoms with E-state index in [4.69, 9.17) is 10.1 Å². The zero-order valence-electron chi connectivity index (χ0n) is 20.0. The summed E-state index contributed by atoms with van der Waals surface area (Å²) in [7, 11) is 1.53. The Morgan fingerprint density at radius 1 is 1.08 bits per heavy atom. The molecule has 3 aliphatic rings. The number of urea groups is 1. The molecule has 184 valence electrons. The van der Waals surface area contributed by atoms with Crippen LogP contribution in [0.1, 0.15) is 46.3 Å². The molecule has 0 saturated carbocycles. The van der Waals surface area contributed by atoms with Gasteiger partial charge in [-0.3, -0.25) is 20.3 Å². The number of ether oxygens (including phenoxy) is 1. The topological polar surface area (TPSA) is 115 Å². The van der Waals surface area contributed by atoms with Crippen molar-refractivity contribution in [2.24, 2.45) is 0 Å². The number of rotatable bonds is 4. The van der Waals surface area contributed by atoms with Gasteiger partial charge in [0.15, 0.2) is 0 Å². The lowest BCUT2D eigenvalue weighted by molar-refractivity contribution is -0.122. The van der Waals surface area contributed by atoms with Crippen LogP contribution in [0.25, 0.3) is 0 Å². The van der Waals surface area contributed by atoms with E-state index in [9.17, 15) is 14.4 Å². The molecule has 9 nitrogen and oxygen atoms in total. The zero-order valence-corrected chi connectivity index (χ0v) is 20.0. The minimum absolute atomic E-state index is 0.0922. The molecule has 0 aromatic heterocycles. The van der Waals surface area contributed by atoms with E-state index in [1.807, 2.05) is 18.2 Å². The Balaban J connectivity index is 1.36. The highest BCUT2D eigenvalue weighted by molar-refractivity contribution is 6.10. The molecule has 4 amide bonds. The Kier molecular flexibility index (Phi) is 6.10. The number of nitrogens with one attached hydrogen (secondary N) is 3. The van der Waals surface area contributed by atoms with Crippen molar-refractivity contribution < 1.29 is 19.1 Å². The lowest BCUT2D eigenvalue weighted by Gasteiger charge is -2.29. The van der Waals surface area contributed by atoms with Crippen molar-refractivity contribution in [1.82, 2.24) is 20.4 Å². The first-order valence-electron chi connectivity index (χ1n) is 12.0. The van der Waals surface area contributed by atoms with Crippen LogP contribution in [0.15, 0.2) is 42.5 Å². The van der Waals surface area contributed by atoms with E-state index in [-0.39, 0.29) is 12.5 Å². The fraction of sp³-hybridized carbons (Fsp3) is 0.333. The summed E-state index contributed by atoms with van der Waals surface area (Å²) in [5, 5.41) is 13.4. The van der Waals surface area contributed by atoms with E-state index in [1.165, 1.54) is 18.4 Å². The number of hydrogen-bond acceptors (Lipinski definition) is 5. The molecule has 2 aromatic carbocycles. The third kappa shape index (κ3) is 4.38. The quantitative estimate of drug-likeness (QED) is 0.266. The Hall–Kier alpha value is -4.32. The summed E-state index contributed by atoms with van der Waals surface area (Å²) in [6.07, 6.45) is 3.40. The molecule has 0 aliphatic carbocycles. The number of piperidine rings is 1. The van der Waals surface area contributed by atoms with E-state index in [0.717, 1.165) is 37.1 Å². The molecule has 3 aliphatic heterocycles. The first-order chi connectivity index (χ1) is 17.4. The van der Waals surface area contributed by atoms with Crippen molar-refractivity contribution in [2.45, 2.75) is 31.3 Å². The second-order valence-electron chi connectivity index (χ2n) is 9.22. The van der Waals surface area contributed by atoms with Crippen LogP contribution in [0.2, 0.25) is 0 Å². The highest BCUT2D eigenvalue weighted by Crippen LogP contribution is 2.28. The normalized spacial score (nSPS) is 20.9. The van der Waals surface area contributed by atoms with Gasteiger partial charge in [-0.25, -0.2) is 4.79 Å². The third-order valence-corrected chi connectivity index (χ3v) is 6.82. The molecule has 3 N–H and O–H groups in total. The van der Waals surface area contributed by atoms with Crippen LogP contribution in [-0.4, -0.2) is 65.8 Å². The van der Waals surface area contributed by atoms with Crippen LogP contribution in [0.4, 0.5) is 4.79 Å². The average molecular weight is 486 g/mol. The van der Waals surface area contributed by atoms with Gasteiger partial charge in [0.2, 0.25) is 5.54 Å². The van der Waals surface area contributed by atoms with E-state index in [2.05, 4.69) is 27.4 Å². The molecule has 0 radical (unpaired) electrons. The van der Waals surface area contributed by atoms with Gasteiger partial charge >= 0.3 is 6.03 Å². The molecule has 2 aromatic rings. The first-order valence-corrected chi connectivity index (χ1v) is 12.0. The number of carbonyl (C=O) groups is 3. The van der Waals surface area contributed by atoms with Crippen molar-refractivity contribution in [3.63, 3.8) is 0 Å². The van der Waals surface area contributed by atoms with Gasteiger partial charge in [0.05, 0.1) is 13.7 Å². The Morgan fingerprint density at radius 3 is 2.50 bits per heavy atom. The number of benzene rings is 2. The van der Waals surface area contributed by atoms with Crippen LogP contribution in [0, 0.1) is 17.3 Å². The fourth-order valence-electron chi connectivity index (χ4n) is 4.80. The average Bonchev–Trinajstić information content (AvgIpc) is 3.36. The molecule has 0 unspecified atom stereocenters. The SMILES string of the molecule is COc1ccc2c(c1)C(=O)N(C[C@@]1(C#Cc3ccc(C(=N)N4CCCCC4)cc3)NC(=O)NC1=O)C2. The summed E-state index contributed by atoms with van der Waals surface area (Å²) in [6.45, 7) is 2.00. The molecule has 0 spiro atoms.